The van der Waals surface area contributed by atoms with Crippen LogP contribution in [0.2, 0.25) is 0 Å². The second-order valence-corrected chi connectivity index (χ2v) is 6.90. The van der Waals surface area contributed by atoms with Gasteiger partial charge in [0.15, 0.2) is 0 Å². The molecule has 4 heteroatoms. The summed E-state index contributed by atoms with van der Waals surface area (Å²) >= 11 is 0. The van der Waals surface area contributed by atoms with Crippen molar-refractivity contribution < 1.29 is 4.79 Å². The predicted molar refractivity (Wildman–Crippen MR) is 103 cm³/mol. The second-order valence-electron chi connectivity index (χ2n) is 6.90. The maximum atomic E-state index is 12.3. The van der Waals surface area contributed by atoms with Gasteiger partial charge in [-0.05, 0) is 31.0 Å². The molecule has 1 aliphatic heterocycles. The van der Waals surface area contributed by atoms with E-state index in [-0.39, 0.29) is 5.91 Å². The number of piperazine rings is 1. The van der Waals surface area contributed by atoms with Gasteiger partial charge in [-0.15, -0.1) is 0 Å². The zero-order valence-corrected chi connectivity index (χ0v) is 15.2. The first-order chi connectivity index (χ1) is 12.1. The number of aryl methyl sites for hydroxylation is 2. The lowest BCUT2D eigenvalue weighted by atomic mass is 10.1. The molecular weight excluding hydrogens is 310 g/mol. The van der Waals surface area contributed by atoms with Crippen LogP contribution >= 0.6 is 0 Å². The van der Waals surface area contributed by atoms with E-state index in [1.807, 2.05) is 19.1 Å². The normalized spacial score (nSPS) is 15.9. The molecule has 1 N–H and O–H groups in total. The highest BCUT2D eigenvalue weighted by molar-refractivity contribution is 5.93. The Bertz CT molecular complexity index is 706. The average molecular weight is 337 g/mol. The van der Waals surface area contributed by atoms with Gasteiger partial charge in [0, 0.05) is 38.4 Å². The lowest BCUT2D eigenvalue weighted by Crippen LogP contribution is -2.48. The fraction of sp³-hybridized carbons (Fsp3) is 0.381. The molecule has 0 aliphatic carbocycles. The summed E-state index contributed by atoms with van der Waals surface area (Å²) in [6, 6.07) is 16.7. The van der Waals surface area contributed by atoms with Crippen LogP contribution in [0.15, 0.2) is 48.5 Å². The second kappa shape index (κ2) is 8.28. The molecule has 2 aromatic carbocycles. The first kappa shape index (κ1) is 17.6. The molecular formula is C21H27N3O. The molecule has 0 atom stereocenters. The predicted octanol–water partition coefficient (Wildman–Crippen LogP) is 3.06. The number of benzene rings is 2. The number of amides is 1. The molecule has 0 unspecified atom stereocenters. The van der Waals surface area contributed by atoms with Crippen molar-refractivity contribution >= 4 is 11.6 Å². The lowest BCUT2D eigenvalue weighted by Gasteiger charge is -2.34. The third-order valence-corrected chi connectivity index (χ3v) is 4.74. The molecule has 3 rings (SSSR count). The molecule has 1 heterocycles. The monoisotopic (exact) mass is 337 g/mol. The molecule has 0 aromatic heterocycles. The van der Waals surface area contributed by atoms with Gasteiger partial charge in [0.05, 0.1) is 6.54 Å². The van der Waals surface area contributed by atoms with E-state index in [0.717, 1.165) is 44.0 Å². The number of anilines is 1. The largest absolute Gasteiger partial charge is 0.325 e. The molecule has 0 radical (unpaired) electrons. The van der Waals surface area contributed by atoms with E-state index in [4.69, 9.17) is 0 Å². The van der Waals surface area contributed by atoms with E-state index in [9.17, 15) is 4.79 Å². The Morgan fingerprint density at radius 2 is 1.64 bits per heavy atom. The molecule has 1 amide bonds. The van der Waals surface area contributed by atoms with Gasteiger partial charge in [-0.3, -0.25) is 14.6 Å². The third kappa shape index (κ3) is 5.15. The maximum absolute atomic E-state index is 12.3. The highest BCUT2D eigenvalue weighted by Crippen LogP contribution is 2.16. The van der Waals surface area contributed by atoms with Crippen LogP contribution in [0.4, 0.5) is 5.69 Å². The van der Waals surface area contributed by atoms with Crippen molar-refractivity contribution in [3.05, 3.63) is 65.2 Å². The van der Waals surface area contributed by atoms with Gasteiger partial charge in [-0.1, -0.05) is 48.0 Å². The molecule has 1 saturated heterocycles. The zero-order chi connectivity index (χ0) is 17.6. The maximum Gasteiger partial charge on any atom is 0.238 e. The molecule has 0 saturated carbocycles. The molecule has 0 spiro atoms. The van der Waals surface area contributed by atoms with Gasteiger partial charge in [-0.25, -0.2) is 0 Å². The van der Waals surface area contributed by atoms with Crippen LogP contribution < -0.4 is 5.32 Å². The van der Waals surface area contributed by atoms with E-state index in [1.54, 1.807) is 0 Å². The number of nitrogens with one attached hydrogen (secondary N) is 1. The Morgan fingerprint density at radius 1 is 0.960 bits per heavy atom. The smallest absolute Gasteiger partial charge is 0.238 e. The fourth-order valence-electron chi connectivity index (χ4n) is 3.29. The van der Waals surface area contributed by atoms with Gasteiger partial charge >= 0.3 is 0 Å². The van der Waals surface area contributed by atoms with Crippen molar-refractivity contribution in [2.45, 2.75) is 20.4 Å². The van der Waals surface area contributed by atoms with E-state index in [0.29, 0.717) is 6.54 Å². The highest BCUT2D eigenvalue weighted by Gasteiger charge is 2.19. The summed E-state index contributed by atoms with van der Waals surface area (Å²) in [5.74, 6) is 0.0727. The van der Waals surface area contributed by atoms with Crippen molar-refractivity contribution in [1.29, 1.82) is 0 Å². The van der Waals surface area contributed by atoms with Crippen molar-refractivity contribution in [3.8, 4) is 0 Å². The quantitative estimate of drug-likeness (QED) is 0.911. The molecule has 25 heavy (non-hydrogen) atoms. The summed E-state index contributed by atoms with van der Waals surface area (Å²) in [5, 5.41) is 3.04. The number of rotatable bonds is 5. The third-order valence-electron chi connectivity index (χ3n) is 4.74. The molecule has 0 bridgehead atoms. The minimum Gasteiger partial charge on any atom is -0.325 e. The Balaban J connectivity index is 1.44. The van der Waals surface area contributed by atoms with Gasteiger partial charge in [-0.2, -0.15) is 0 Å². The van der Waals surface area contributed by atoms with Crippen LogP contribution in [-0.2, 0) is 11.3 Å². The van der Waals surface area contributed by atoms with Crippen LogP contribution in [0.25, 0.3) is 0 Å². The van der Waals surface area contributed by atoms with Gasteiger partial charge in [0.2, 0.25) is 5.91 Å². The number of hydrogen-bond donors (Lipinski definition) is 1. The summed E-state index contributed by atoms with van der Waals surface area (Å²) in [5.41, 5.74) is 4.59. The van der Waals surface area contributed by atoms with Crippen LogP contribution in [0.5, 0.6) is 0 Å². The summed E-state index contributed by atoms with van der Waals surface area (Å²) in [7, 11) is 0. The Hall–Kier alpha value is -2.17. The SMILES string of the molecule is Cc1ccc(NC(=O)CN2CCN(Cc3ccccc3)CC2)c(C)c1. The van der Waals surface area contributed by atoms with Gasteiger partial charge in [0.1, 0.15) is 0 Å². The fourth-order valence-corrected chi connectivity index (χ4v) is 3.29. The number of nitrogens with zero attached hydrogens (tertiary/aromatic N) is 2. The average Bonchev–Trinajstić information content (AvgIpc) is 2.60. The van der Waals surface area contributed by atoms with Crippen LogP contribution in [-0.4, -0.2) is 48.4 Å². The highest BCUT2D eigenvalue weighted by atomic mass is 16.2. The van der Waals surface area contributed by atoms with Crippen molar-refractivity contribution in [3.63, 3.8) is 0 Å². The Morgan fingerprint density at radius 3 is 2.32 bits per heavy atom. The Kier molecular flexibility index (Phi) is 5.84. The zero-order valence-electron chi connectivity index (χ0n) is 15.2. The summed E-state index contributed by atoms with van der Waals surface area (Å²) in [4.78, 5) is 17.0. The standard InChI is InChI=1S/C21H27N3O/c1-17-8-9-20(18(2)14-17)22-21(25)16-24-12-10-23(11-13-24)15-19-6-4-3-5-7-19/h3-9,14H,10-13,15-16H2,1-2H3,(H,22,25). The molecule has 4 nitrogen and oxygen atoms in total. The Labute approximate surface area is 150 Å². The number of hydrogen-bond acceptors (Lipinski definition) is 3. The van der Waals surface area contributed by atoms with Crippen LogP contribution in [0, 0.1) is 13.8 Å². The van der Waals surface area contributed by atoms with Crippen molar-refractivity contribution in [1.82, 2.24) is 9.80 Å². The van der Waals surface area contributed by atoms with Gasteiger partial charge in [0.25, 0.3) is 0 Å². The first-order valence-electron chi connectivity index (χ1n) is 8.96. The molecule has 1 fully saturated rings. The molecule has 132 valence electrons. The van der Waals surface area contributed by atoms with Crippen LogP contribution in [0.1, 0.15) is 16.7 Å². The molecule has 2 aromatic rings. The minimum atomic E-state index is 0.0727. The lowest BCUT2D eigenvalue weighted by molar-refractivity contribution is -0.117. The summed E-state index contributed by atoms with van der Waals surface area (Å²) in [6.45, 7) is 9.44. The summed E-state index contributed by atoms with van der Waals surface area (Å²) < 4.78 is 0. The first-order valence-corrected chi connectivity index (χ1v) is 8.96. The van der Waals surface area contributed by atoms with Crippen molar-refractivity contribution in [2.75, 3.05) is 38.0 Å². The van der Waals surface area contributed by atoms with E-state index < -0.39 is 0 Å². The van der Waals surface area contributed by atoms with E-state index >= 15 is 0 Å². The van der Waals surface area contributed by atoms with Crippen LogP contribution in [0.3, 0.4) is 0 Å². The van der Waals surface area contributed by atoms with E-state index in [1.165, 1.54) is 11.1 Å². The summed E-state index contributed by atoms with van der Waals surface area (Å²) in [6.07, 6.45) is 0. The van der Waals surface area contributed by atoms with E-state index in [2.05, 4.69) is 58.4 Å². The number of carbonyl (C=O) groups excluding carboxylic acids is 1. The minimum absolute atomic E-state index is 0.0727. The van der Waals surface area contributed by atoms with Crippen molar-refractivity contribution in [2.24, 2.45) is 0 Å². The topological polar surface area (TPSA) is 35.6 Å². The molecule has 1 aliphatic rings. The van der Waals surface area contributed by atoms with Gasteiger partial charge < -0.3 is 5.32 Å². The number of carbonyl (C=O) groups is 1.